The molecule has 1 amide bonds. The number of benzene rings is 2. The van der Waals surface area contributed by atoms with Gasteiger partial charge in [0.1, 0.15) is 5.56 Å². The van der Waals surface area contributed by atoms with E-state index in [1.807, 2.05) is 12.1 Å². The van der Waals surface area contributed by atoms with E-state index in [1.165, 1.54) is 10.8 Å². The number of amides is 1. The summed E-state index contributed by atoms with van der Waals surface area (Å²) in [5.41, 5.74) is 7.77. The number of aromatic nitrogens is 1. The number of carbonyl (C=O) groups is 1. The van der Waals surface area contributed by atoms with Crippen molar-refractivity contribution in [1.82, 2.24) is 0 Å². The van der Waals surface area contributed by atoms with Gasteiger partial charge in [0.05, 0.1) is 17.3 Å². The Labute approximate surface area is 188 Å². The first-order chi connectivity index (χ1) is 13.9. The lowest BCUT2D eigenvalue weighted by Gasteiger charge is -2.14. The third-order valence-electron chi connectivity index (χ3n) is 4.43. The van der Waals surface area contributed by atoms with Crippen LogP contribution in [0.2, 0.25) is 10.0 Å². The quantitative estimate of drug-likeness (QED) is 0.606. The average Bonchev–Trinajstić information content (AvgIpc) is 2.84. The molecule has 1 unspecified atom stereocenters. The number of hydrogen-bond acceptors (Lipinski definition) is 4. The molecular formula is C21H15Cl3N4O2. The van der Waals surface area contributed by atoms with Gasteiger partial charge >= 0.3 is 0 Å². The molecule has 1 aliphatic rings. The van der Waals surface area contributed by atoms with Gasteiger partial charge in [-0.05, 0) is 30.3 Å². The highest BCUT2D eigenvalue weighted by Crippen LogP contribution is 2.32. The Morgan fingerprint density at radius 2 is 1.83 bits per heavy atom. The van der Waals surface area contributed by atoms with Crippen LogP contribution in [-0.2, 0) is 0 Å². The topological polar surface area (TPSA) is 94.8 Å². The average molecular weight is 462 g/mol. The molecule has 3 aromatic rings. The molecule has 152 valence electrons. The van der Waals surface area contributed by atoms with Crippen LogP contribution in [0.15, 0.2) is 77.0 Å². The highest BCUT2D eigenvalue weighted by atomic mass is 35.5. The fraction of sp³-hybridized carbons (Fsp3) is 0.0476. The van der Waals surface area contributed by atoms with Crippen LogP contribution >= 0.6 is 35.6 Å². The van der Waals surface area contributed by atoms with Gasteiger partial charge in [0.15, 0.2) is 12.4 Å². The number of hydrogen-bond donors (Lipinski definition) is 1. The van der Waals surface area contributed by atoms with E-state index in [1.54, 1.807) is 48.7 Å². The van der Waals surface area contributed by atoms with E-state index in [0.717, 1.165) is 0 Å². The minimum absolute atomic E-state index is 0. The standard InChI is InChI=1S/C21H14Cl2N4O2.ClH/c22-13-7-8-17-15(10-13)18(14-5-1-2-6-16(14)23)26-20(21(29)25-17)27-9-3-4-12(11-27)19(24)28;/h1-11,20H,(H2-,24,25,26,28,29);1H. The normalized spacial score (nSPS) is 15.2. The van der Waals surface area contributed by atoms with E-state index < -0.39 is 18.0 Å². The molecule has 0 bridgehead atoms. The molecule has 0 spiro atoms. The van der Waals surface area contributed by atoms with Crippen molar-refractivity contribution in [1.29, 1.82) is 0 Å². The zero-order chi connectivity index (χ0) is 20.5. The second kappa shape index (κ2) is 8.83. The monoisotopic (exact) mass is 460 g/mol. The molecule has 0 saturated carbocycles. The Balaban J connectivity index is 0.00000256. The molecule has 6 nitrogen and oxygen atoms in total. The zero-order valence-electron chi connectivity index (χ0n) is 15.3. The van der Waals surface area contributed by atoms with Crippen LogP contribution in [0.4, 0.5) is 5.69 Å². The second-order valence-corrected chi connectivity index (χ2v) is 7.19. The SMILES string of the molecule is Cl.NC(=O)c1ccc[n+](C2N=C(c3ccccc3Cl)c3cc(Cl)ccc3N=C2[O-])c1. The van der Waals surface area contributed by atoms with E-state index in [0.29, 0.717) is 32.6 Å². The van der Waals surface area contributed by atoms with E-state index >= 15 is 0 Å². The Morgan fingerprint density at radius 1 is 1.07 bits per heavy atom. The van der Waals surface area contributed by atoms with Gasteiger partial charge in [-0.15, -0.1) is 12.4 Å². The Morgan fingerprint density at radius 3 is 2.57 bits per heavy atom. The number of carbonyl (C=O) groups excluding carboxylic acids is 1. The lowest BCUT2D eigenvalue weighted by atomic mass is 10.0. The third-order valence-corrected chi connectivity index (χ3v) is 5.00. The maximum atomic E-state index is 12.9. The molecule has 2 heterocycles. The van der Waals surface area contributed by atoms with Crippen LogP contribution < -0.4 is 15.4 Å². The third kappa shape index (κ3) is 4.16. The molecule has 30 heavy (non-hydrogen) atoms. The molecule has 0 radical (unpaired) electrons. The van der Waals surface area contributed by atoms with Crippen molar-refractivity contribution in [2.45, 2.75) is 6.17 Å². The van der Waals surface area contributed by atoms with Gasteiger partial charge in [0.25, 0.3) is 12.1 Å². The first-order valence-corrected chi connectivity index (χ1v) is 9.38. The van der Waals surface area contributed by atoms with Crippen LogP contribution in [-0.4, -0.2) is 17.5 Å². The molecule has 9 heteroatoms. The van der Waals surface area contributed by atoms with Crippen molar-refractivity contribution >= 4 is 58.8 Å². The largest absolute Gasteiger partial charge is 0.856 e. The molecule has 4 rings (SSSR count). The summed E-state index contributed by atoms with van der Waals surface area (Å²) < 4.78 is 1.50. The number of halogens is 3. The first-order valence-electron chi connectivity index (χ1n) is 8.63. The highest BCUT2D eigenvalue weighted by Gasteiger charge is 2.26. The van der Waals surface area contributed by atoms with Gasteiger partial charge in [0, 0.05) is 27.2 Å². The van der Waals surface area contributed by atoms with Crippen molar-refractivity contribution < 1.29 is 14.5 Å². The van der Waals surface area contributed by atoms with E-state index in [-0.39, 0.29) is 18.0 Å². The van der Waals surface area contributed by atoms with Crippen molar-refractivity contribution in [2.24, 2.45) is 15.7 Å². The minimum Gasteiger partial charge on any atom is -0.856 e. The molecule has 1 atom stereocenters. The van der Waals surface area contributed by atoms with Gasteiger partial charge in [-0.2, -0.15) is 4.57 Å². The van der Waals surface area contributed by atoms with E-state index in [9.17, 15) is 9.90 Å². The Hall–Kier alpha value is -2.93. The predicted octanol–water partition coefficient (Wildman–Crippen LogP) is 3.24. The van der Waals surface area contributed by atoms with Crippen LogP contribution in [0.5, 0.6) is 0 Å². The molecule has 1 aromatic heterocycles. The molecule has 2 N–H and O–H groups in total. The summed E-state index contributed by atoms with van der Waals surface area (Å²) in [7, 11) is 0. The molecule has 0 aliphatic carbocycles. The summed E-state index contributed by atoms with van der Waals surface area (Å²) in [6.45, 7) is 0. The lowest BCUT2D eigenvalue weighted by molar-refractivity contribution is -0.710. The van der Waals surface area contributed by atoms with Gasteiger partial charge < -0.3 is 10.8 Å². The van der Waals surface area contributed by atoms with E-state index in [4.69, 9.17) is 28.9 Å². The first kappa shape index (κ1) is 21.8. The zero-order valence-corrected chi connectivity index (χ0v) is 17.7. The summed E-state index contributed by atoms with van der Waals surface area (Å²) in [5, 5.41) is 13.9. The smallest absolute Gasteiger partial charge is 0.280 e. The minimum atomic E-state index is -1.04. The van der Waals surface area contributed by atoms with Gasteiger partial charge in [-0.1, -0.05) is 41.4 Å². The van der Waals surface area contributed by atoms with Gasteiger partial charge in [-0.25, -0.2) is 4.99 Å². The molecular weight excluding hydrogens is 447 g/mol. The second-order valence-electron chi connectivity index (χ2n) is 6.35. The Bertz CT molecular complexity index is 1190. The van der Waals surface area contributed by atoms with E-state index in [2.05, 4.69) is 9.98 Å². The fourth-order valence-corrected chi connectivity index (χ4v) is 3.47. The molecule has 1 aliphatic heterocycles. The van der Waals surface area contributed by atoms with Crippen LogP contribution in [0.1, 0.15) is 27.7 Å². The molecule has 0 saturated heterocycles. The van der Waals surface area contributed by atoms with Gasteiger partial charge in [-0.3, -0.25) is 9.79 Å². The molecule has 2 aromatic carbocycles. The Kier molecular flexibility index (Phi) is 6.41. The lowest BCUT2D eigenvalue weighted by Crippen LogP contribution is -2.47. The predicted molar refractivity (Wildman–Crippen MR) is 117 cm³/mol. The maximum Gasteiger partial charge on any atom is 0.280 e. The van der Waals surface area contributed by atoms with Gasteiger partial charge in [0.2, 0.25) is 0 Å². The summed E-state index contributed by atoms with van der Waals surface area (Å²) in [6.07, 6.45) is 2.06. The number of fused-ring (bicyclic) bond motifs is 1. The number of nitrogens with zero attached hydrogens (tertiary/aromatic N) is 3. The number of nitrogens with two attached hydrogens (primary N) is 1. The van der Waals surface area contributed by atoms with Crippen LogP contribution in [0.25, 0.3) is 0 Å². The van der Waals surface area contributed by atoms with Crippen molar-refractivity contribution in [3.8, 4) is 0 Å². The van der Waals surface area contributed by atoms with Crippen molar-refractivity contribution in [3.05, 3.63) is 93.7 Å². The molecule has 0 fully saturated rings. The summed E-state index contributed by atoms with van der Waals surface area (Å²) >= 11 is 12.6. The number of pyridine rings is 1. The summed E-state index contributed by atoms with van der Waals surface area (Å²) in [5.74, 6) is -1.11. The van der Waals surface area contributed by atoms with Crippen LogP contribution in [0.3, 0.4) is 0 Å². The summed E-state index contributed by atoms with van der Waals surface area (Å²) in [6, 6.07) is 15.4. The number of rotatable bonds is 3. The maximum absolute atomic E-state index is 12.9. The van der Waals surface area contributed by atoms with Crippen LogP contribution in [0, 0.1) is 0 Å². The number of primary amides is 1. The summed E-state index contributed by atoms with van der Waals surface area (Å²) in [4.78, 5) is 20.5. The fourth-order valence-electron chi connectivity index (χ4n) is 3.07. The number of aliphatic imine (C=N–C) groups is 2. The highest BCUT2D eigenvalue weighted by molar-refractivity contribution is 6.36. The van der Waals surface area contributed by atoms with Crippen molar-refractivity contribution in [2.75, 3.05) is 0 Å². The van der Waals surface area contributed by atoms with Crippen molar-refractivity contribution in [3.63, 3.8) is 0 Å².